The number of benzene rings is 1. The van der Waals surface area contributed by atoms with Gasteiger partial charge in [0, 0.05) is 28.6 Å². The van der Waals surface area contributed by atoms with Gasteiger partial charge in [-0.15, -0.1) is 11.3 Å². The lowest BCUT2D eigenvalue weighted by atomic mass is 9.83. The zero-order chi connectivity index (χ0) is 18.4. The Labute approximate surface area is 150 Å². The number of aromatic hydroxyl groups is 1. The average molecular weight is 358 g/mol. The van der Waals surface area contributed by atoms with Crippen LogP contribution in [-0.2, 0) is 12.0 Å². The molecule has 1 N–H and O–H groups in total. The standard InChI is InChI=1S/C18H22N4O2S/c1-18(2,3)13-7-11(6-12(16(13)24)9-21(4)5)14-10-25-17-20-15(23)8-19-22(14)17/h6-8,10,24H,9H2,1-5H3. The van der Waals surface area contributed by atoms with E-state index in [-0.39, 0.29) is 11.0 Å². The van der Waals surface area contributed by atoms with Crippen molar-refractivity contribution in [1.29, 1.82) is 0 Å². The highest BCUT2D eigenvalue weighted by atomic mass is 32.1. The zero-order valence-electron chi connectivity index (χ0n) is 15.1. The molecule has 0 aliphatic carbocycles. The van der Waals surface area contributed by atoms with E-state index < -0.39 is 0 Å². The topological polar surface area (TPSA) is 70.7 Å². The highest BCUT2D eigenvalue weighted by Crippen LogP contribution is 2.38. The number of rotatable bonds is 3. The molecule has 0 atom stereocenters. The average Bonchev–Trinajstić information content (AvgIpc) is 2.90. The van der Waals surface area contributed by atoms with E-state index in [2.05, 4.69) is 30.9 Å². The Hall–Kier alpha value is -2.25. The van der Waals surface area contributed by atoms with Gasteiger partial charge in [-0.2, -0.15) is 10.1 Å². The van der Waals surface area contributed by atoms with Gasteiger partial charge in [-0.3, -0.25) is 4.79 Å². The first-order chi connectivity index (χ1) is 11.7. The number of aromatic nitrogens is 3. The third kappa shape index (κ3) is 3.43. The second kappa shape index (κ2) is 6.24. The lowest BCUT2D eigenvalue weighted by Gasteiger charge is -2.24. The van der Waals surface area contributed by atoms with Crippen molar-refractivity contribution in [3.63, 3.8) is 0 Å². The molecule has 132 valence electrons. The fraction of sp³-hybridized carbons (Fsp3) is 0.389. The van der Waals surface area contributed by atoms with Gasteiger partial charge in [0.25, 0.3) is 5.56 Å². The molecule has 0 fully saturated rings. The molecule has 0 saturated heterocycles. The van der Waals surface area contributed by atoms with Crippen molar-refractivity contribution in [3.05, 3.63) is 45.2 Å². The van der Waals surface area contributed by atoms with Crippen LogP contribution in [0.15, 0.2) is 28.5 Å². The molecular weight excluding hydrogens is 336 g/mol. The summed E-state index contributed by atoms with van der Waals surface area (Å²) >= 11 is 1.38. The monoisotopic (exact) mass is 358 g/mol. The van der Waals surface area contributed by atoms with Crippen LogP contribution < -0.4 is 5.56 Å². The third-order valence-electron chi connectivity index (χ3n) is 3.95. The van der Waals surface area contributed by atoms with Crippen molar-refractivity contribution in [2.24, 2.45) is 0 Å². The van der Waals surface area contributed by atoms with Crippen molar-refractivity contribution in [2.45, 2.75) is 32.7 Å². The first kappa shape index (κ1) is 17.6. The normalized spacial score (nSPS) is 12.2. The Morgan fingerprint density at radius 2 is 2.00 bits per heavy atom. The SMILES string of the molecule is CN(C)Cc1cc(-c2csc3nc(=O)cnn23)cc(C(C)(C)C)c1O. The maximum atomic E-state index is 11.4. The summed E-state index contributed by atoms with van der Waals surface area (Å²) in [4.78, 5) is 18.0. The van der Waals surface area contributed by atoms with Crippen LogP contribution in [0.3, 0.4) is 0 Å². The fourth-order valence-electron chi connectivity index (χ4n) is 2.79. The minimum atomic E-state index is -0.345. The van der Waals surface area contributed by atoms with E-state index in [9.17, 15) is 9.90 Å². The molecule has 0 aliphatic heterocycles. The molecule has 0 bridgehead atoms. The molecule has 0 saturated carbocycles. The van der Waals surface area contributed by atoms with Crippen molar-refractivity contribution >= 4 is 16.3 Å². The Bertz CT molecular complexity index is 983. The second-order valence-electron chi connectivity index (χ2n) is 7.43. The van der Waals surface area contributed by atoms with E-state index in [0.717, 1.165) is 22.4 Å². The van der Waals surface area contributed by atoms with E-state index in [0.29, 0.717) is 17.3 Å². The smallest absolute Gasteiger partial charge is 0.292 e. The van der Waals surface area contributed by atoms with Gasteiger partial charge in [0.1, 0.15) is 11.9 Å². The largest absolute Gasteiger partial charge is 0.507 e. The highest BCUT2D eigenvalue weighted by Gasteiger charge is 2.23. The summed E-state index contributed by atoms with van der Waals surface area (Å²) in [7, 11) is 3.94. The van der Waals surface area contributed by atoms with Gasteiger partial charge in [-0.1, -0.05) is 20.8 Å². The quantitative estimate of drug-likeness (QED) is 0.779. The summed E-state index contributed by atoms with van der Waals surface area (Å²) in [5.74, 6) is 0.336. The molecule has 1 aromatic carbocycles. The van der Waals surface area contributed by atoms with E-state index in [1.54, 1.807) is 4.52 Å². The number of phenolic OH excluding ortho intramolecular Hbond substituents is 1. The molecule has 0 aliphatic rings. The lowest BCUT2D eigenvalue weighted by molar-refractivity contribution is 0.380. The van der Waals surface area contributed by atoms with Crippen molar-refractivity contribution in [2.75, 3.05) is 14.1 Å². The van der Waals surface area contributed by atoms with E-state index in [1.165, 1.54) is 17.5 Å². The first-order valence-electron chi connectivity index (χ1n) is 8.02. The highest BCUT2D eigenvalue weighted by molar-refractivity contribution is 7.15. The molecule has 7 heteroatoms. The maximum absolute atomic E-state index is 11.4. The molecule has 2 aromatic heterocycles. The molecule has 6 nitrogen and oxygen atoms in total. The van der Waals surface area contributed by atoms with Crippen LogP contribution in [0.5, 0.6) is 5.75 Å². The zero-order valence-corrected chi connectivity index (χ0v) is 15.9. The van der Waals surface area contributed by atoms with Crippen LogP contribution in [0.2, 0.25) is 0 Å². The Balaban J connectivity index is 2.25. The number of thiazole rings is 1. The molecular formula is C18H22N4O2S. The number of hydrogen-bond donors (Lipinski definition) is 1. The van der Waals surface area contributed by atoms with Gasteiger partial charge in [0.2, 0.25) is 4.96 Å². The van der Waals surface area contributed by atoms with Crippen molar-refractivity contribution in [3.8, 4) is 17.0 Å². The van der Waals surface area contributed by atoms with Crippen LogP contribution >= 0.6 is 11.3 Å². The minimum absolute atomic E-state index is 0.203. The molecule has 0 spiro atoms. The van der Waals surface area contributed by atoms with Gasteiger partial charge >= 0.3 is 0 Å². The molecule has 3 rings (SSSR count). The van der Waals surface area contributed by atoms with Gasteiger partial charge in [-0.05, 0) is 31.6 Å². The summed E-state index contributed by atoms with van der Waals surface area (Å²) in [6, 6.07) is 3.97. The van der Waals surface area contributed by atoms with Gasteiger partial charge in [0.05, 0.1) is 5.69 Å². The predicted molar refractivity (Wildman–Crippen MR) is 100 cm³/mol. The van der Waals surface area contributed by atoms with Crippen LogP contribution in [0, 0.1) is 0 Å². The van der Waals surface area contributed by atoms with E-state index in [4.69, 9.17) is 0 Å². The van der Waals surface area contributed by atoms with E-state index >= 15 is 0 Å². The molecule has 0 unspecified atom stereocenters. The van der Waals surface area contributed by atoms with Crippen LogP contribution in [-0.4, -0.2) is 38.7 Å². The number of hydrogen-bond acceptors (Lipinski definition) is 6. The van der Waals surface area contributed by atoms with Gasteiger partial charge in [0.15, 0.2) is 0 Å². The second-order valence-corrected chi connectivity index (χ2v) is 8.27. The van der Waals surface area contributed by atoms with Crippen molar-refractivity contribution in [1.82, 2.24) is 19.5 Å². The number of phenols is 1. The Morgan fingerprint density at radius 1 is 1.28 bits per heavy atom. The van der Waals surface area contributed by atoms with Crippen LogP contribution in [0.4, 0.5) is 0 Å². The minimum Gasteiger partial charge on any atom is -0.507 e. The van der Waals surface area contributed by atoms with Gasteiger partial charge in [-0.25, -0.2) is 4.52 Å². The van der Waals surface area contributed by atoms with Crippen LogP contribution in [0.25, 0.3) is 16.2 Å². The molecule has 0 radical (unpaired) electrons. The molecule has 0 amide bonds. The number of fused-ring (bicyclic) bond motifs is 1. The summed E-state index contributed by atoms with van der Waals surface area (Å²) < 4.78 is 1.67. The third-order valence-corrected chi connectivity index (χ3v) is 4.77. The van der Waals surface area contributed by atoms with Crippen LogP contribution in [0.1, 0.15) is 31.9 Å². The Morgan fingerprint density at radius 3 is 2.64 bits per heavy atom. The summed E-state index contributed by atoms with van der Waals surface area (Å²) in [5, 5.41) is 16.9. The lowest BCUT2D eigenvalue weighted by Crippen LogP contribution is -2.16. The predicted octanol–water partition coefficient (Wildman–Crippen LogP) is 2.88. The summed E-state index contributed by atoms with van der Waals surface area (Å²) in [6.07, 6.45) is 1.22. The Kier molecular flexibility index (Phi) is 4.38. The summed E-state index contributed by atoms with van der Waals surface area (Å²) in [6.45, 7) is 6.86. The summed E-state index contributed by atoms with van der Waals surface area (Å²) in [5.41, 5.74) is 3.01. The van der Waals surface area contributed by atoms with Crippen molar-refractivity contribution < 1.29 is 5.11 Å². The molecule has 2 heterocycles. The fourth-order valence-corrected chi connectivity index (χ4v) is 3.63. The molecule has 3 aromatic rings. The number of nitrogens with zero attached hydrogens (tertiary/aromatic N) is 4. The van der Waals surface area contributed by atoms with Gasteiger partial charge < -0.3 is 10.0 Å². The van der Waals surface area contributed by atoms with E-state index in [1.807, 2.05) is 36.5 Å². The maximum Gasteiger partial charge on any atom is 0.292 e. The molecule has 25 heavy (non-hydrogen) atoms. The first-order valence-corrected chi connectivity index (χ1v) is 8.90.